The molecule has 0 bridgehead atoms. The van der Waals surface area contributed by atoms with Crippen LogP contribution in [-0.4, -0.2) is 47.7 Å². The number of hydrogen-bond donors (Lipinski definition) is 1. The van der Waals surface area contributed by atoms with Crippen LogP contribution in [0.1, 0.15) is 79.1 Å². The van der Waals surface area contributed by atoms with Crippen molar-refractivity contribution in [3.8, 4) is 0 Å². The second-order valence-corrected chi connectivity index (χ2v) is 12.0. The minimum Gasteiger partial charge on any atom is -0.468 e. The number of benzene rings is 2. The van der Waals surface area contributed by atoms with E-state index >= 15 is 0 Å². The lowest BCUT2D eigenvalue weighted by atomic mass is 9.83. The Morgan fingerprint density at radius 2 is 1.82 bits per heavy atom. The van der Waals surface area contributed by atoms with Crippen LogP contribution in [0.4, 0.5) is 0 Å². The van der Waals surface area contributed by atoms with Gasteiger partial charge < -0.3 is 14.7 Å². The van der Waals surface area contributed by atoms with Gasteiger partial charge in [0.15, 0.2) is 0 Å². The van der Waals surface area contributed by atoms with Gasteiger partial charge in [0.05, 0.1) is 24.3 Å². The molecule has 3 aromatic rings. The van der Waals surface area contributed by atoms with Gasteiger partial charge in [0.25, 0.3) is 0 Å². The minimum atomic E-state index is -0.759. The number of nitrogens with zero attached hydrogens (tertiary/aromatic N) is 2. The Morgan fingerprint density at radius 3 is 2.60 bits per heavy atom. The predicted molar refractivity (Wildman–Crippen MR) is 160 cm³/mol. The van der Waals surface area contributed by atoms with E-state index < -0.39 is 11.5 Å². The van der Waals surface area contributed by atoms with E-state index in [4.69, 9.17) is 21.3 Å². The summed E-state index contributed by atoms with van der Waals surface area (Å²) in [6.45, 7) is 6.66. The fourth-order valence-electron chi connectivity index (χ4n) is 6.11. The fourth-order valence-corrected chi connectivity index (χ4v) is 6.31. The summed E-state index contributed by atoms with van der Waals surface area (Å²) in [7, 11) is 1.41. The number of piperidine rings is 1. The lowest BCUT2D eigenvalue weighted by Crippen LogP contribution is -2.32. The number of pyridine rings is 1. The monoisotopic (exact) mass is 558 g/mol. The number of rotatable bonds is 7. The number of aliphatic hydroxyl groups is 1. The van der Waals surface area contributed by atoms with E-state index in [0.29, 0.717) is 6.42 Å². The fraction of sp³-hybridized carbons (Fsp3) is 0.412. The topological polar surface area (TPSA) is 62.7 Å². The predicted octanol–water partition coefficient (Wildman–Crippen LogP) is 6.70. The Bertz CT molecular complexity index is 1400. The zero-order valence-corrected chi connectivity index (χ0v) is 24.5. The van der Waals surface area contributed by atoms with E-state index in [1.165, 1.54) is 34.9 Å². The summed E-state index contributed by atoms with van der Waals surface area (Å²) >= 11 is 6.38. The second-order valence-electron chi connectivity index (χ2n) is 11.5. The first kappa shape index (κ1) is 28.5. The van der Waals surface area contributed by atoms with Gasteiger partial charge in [-0.1, -0.05) is 53.6 Å². The van der Waals surface area contributed by atoms with Crippen LogP contribution < -0.4 is 0 Å². The number of fused-ring (bicyclic) bond motifs is 2. The van der Waals surface area contributed by atoms with Crippen LogP contribution in [0, 0.1) is 0 Å². The number of carbonyl (C=O) groups is 1. The SMILES string of the molecule is COC(=O)C(C)(C)c1cccc(C(O)CCCN2CCC(=C3c4ccc(Cl)cc4CCc4cccnc43)CC2)c1. The Balaban J connectivity index is 1.23. The van der Waals surface area contributed by atoms with Crippen LogP contribution in [0.2, 0.25) is 5.02 Å². The molecule has 210 valence electrons. The van der Waals surface area contributed by atoms with Gasteiger partial charge in [-0.15, -0.1) is 0 Å². The highest BCUT2D eigenvalue weighted by molar-refractivity contribution is 6.30. The van der Waals surface area contributed by atoms with Crippen molar-refractivity contribution in [1.82, 2.24) is 9.88 Å². The summed E-state index contributed by atoms with van der Waals surface area (Å²) in [5.74, 6) is -0.283. The molecule has 2 aliphatic rings. The molecular formula is C34H39ClN2O3. The maximum atomic E-state index is 12.2. The van der Waals surface area contributed by atoms with Gasteiger partial charge in [-0.25, -0.2) is 0 Å². The maximum absolute atomic E-state index is 12.2. The molecule has 0 saturated carbocycles. The number of aliphatic hydroxyl groups excluding tert-OH is 1. The highest BCUT2D eigenvalue weighted by Gasteiger charge is 2.31. The molecule has 1 fully saturated rings. The zero-order chi connectivity index (χ0) is 28.3. The molecule has 1 aromatic heterocycles. The number of aromatic nitrogens is 1. The third kappa shape index (κ3) is 6.02. The summed E-state index contributed by atoms with van der Waals surface area (Å²) in [5.41, 5.74) is 8.76. The van der Waals surface area contributed by atoms with Gasteiger partial charge in [-0.05, 0) is 105 Å². The Kier molecular flexibility index (Phi) is 8.74. The molecule has 6 heteroatoms. The highest BCUT2D eigenvalue weighted by atomic mass is 35.5. The van der Waals surface area contributed by atoms with Crippen LogP contribution in [0.15, 0.2) is 66.4 Å². The smallest absolute Gasteiger partial charge is 0.315 e. The quantitative estimate of drug-likeness (QED) is 0.327. The molecule has 1 N–H and O–H groups in total. The maximum Gasteiger partial charge on any atom is 0.315 e. The van der Waals surface area contributed by atoms with Crippen LogP contribution >= 0.6 is 11.6 Å². The lowest BCUT2D eigenvalue weighted by Gasteiger charge is -2.30. The Morgan fingerprint density at radius 1 is 1.05 bits per heavy atom. The first-order valence-electron chi connectivity index (χ1n) is 14.3. The van der Waals surface area contributed by atoms with Crippen molar-refractivity contribution in [2.24, 2.45) is 0 Å². The summed E-state index contributed by atoms with van der Waals surface area (Å²) in [5, 5.41) is 11.7. The van der Waals surface area contributed by atoms with Gasteiger partial charge >= 0.3 is 5.97 Å². The van der Waals surface area contributed by atoms with Crippen molar-refractivity contribution >= 4 is 23.1 Å². The normalized spacial score (nSPS) is 16.6. The number of halogens is 1. The van der Waals surface area contributed by atoms with E-state index in [9.17, 15) is 9.90 Å². The molecular weight excluding hydrogens is 520 g/mol. The van der Waals surface area contributed by atoms with Gasteiger partial charge in [-0.2, -0.15) is 0 Å². The van der Waals surface area contributed by atoms with Crippen LogP contribution in [0.5, 0.6) is 0 Å². The van der Waals surface area contributed by atoms with Crippen molar-refractivity contribution < 1.29 is 14.6 Å². The van der Waals surface area contributed by atoms with Gasteiger partial charge in [0.2, 0.25) is 0 Å². The molecule has 1 unspecified atom stereocenters. The van der Waals surface area contributed by atoms with Gasteiger partial charge in [-0.3, -0.25) is 9.78 Å². The van der Waals surface area contributed by atoms with Crippen LogP contribution in [0.3, 0.4) is 0 Å². The number of hydrogen-bond acceptors (Lipinski definition) is 5. The van der Waals surface area contributed by atoms with Crippen molar-refractivity contribution in [1.29, 1.82) is 0 Å². The van der Waals surface area contributed by atoms with E-state index in [1.54, 1.807) is 0 Å². The number of likely N-dealkylation sites (tertiary alicyclic amines) is 1. The number of ether oxygens (including phenoxy) is 1. The molecule has 2 aromatic carbocycles. The molecule has 2 heterocycles. The third-order valence-electron chi connectivity index (χ3n) is 8.58. The highest BCUT2D eigenvalue weighted by Crippen LogP contribution is 2.38. The molecule has 5 nitrogen and oxygen atoms in total. The summed E-state index contributed by atoms with van der Waals surface area (Å²) in [4.78, 5) is 19.6. The average Bonchev–Trinajstić information content (AvgIpc) is 3.13. The largest absolute Gasteiger partial charge is 0.468 e. The van der Waals surface area contributed by atoms with Gasteiger partial charge in [0, 0.05) is 29.9 Å². The molecule has 1 aliphatic carbocycles. The standard InChI is InChI=1S/C34H39ClN2O3/c1-34(2,33(39)40-3)27-9-4-7-26(21-27)30(38)10-6-18-37-19-15-23(16-20-37)31-29-14-13-28(35)22-25(29)12-11-24-8-5-17-36-32(24)31/h4-5,7-9,13-14,17,21-22,30,38H,6,10-12,15-16,18-20H2,1-3H3. The number of carbonyl (C=O) groups excluding carboxylic acids is 1. The van der Waals surface area contributed by atoms with Crippen molar-refractivity contribution in [2.75, 3.05) is 26.7 Å². The number of esters is 1. The average molecular weight is 559 g/mol. The van der Waals surface area contributed by atoms with Crippen molar-refractivity contribution in [2.45, 2.75) is 63.9 Å². The summed E-state index contributed by atoms with van der Waals surface area (Å²) < 4.78 is 4.97. The molecule has 1 aliphatic heterocycles. The molecule has 1 saturated heterocycles. The van der Waals surface area contributed by atoms with Crippen LogP contribution in [-0.2, 0) is 27.8 Å². The van der Waals surface area contributed by atoms with Crippen molar-refractivity contribution in [3.63, 3.8) is 0 Å². The molecule has 1 atom stereocenters. The Labute approximate surface area is 242 Å². The first-order valence-corrected chi connectivity index (χ1v) is 14.7. The van der Waals surface area contributed by atoms with Gasteiger partial charge in [0.1, 0.15) is 0 Å². The first-order chi connectivity index (χ1) is 19.3. The third-order valence-corrected chi connectivity index (χ3v) is 8.82. The Hall–Kier alpha value is -2.99. The van der Waals surface area contributed by atoms with E-state index in [1.807, 2.05) is 56.4 Å². The molecule has 0 radical (unpaired) electrons. The second kappa shape index (κ2) is 12.3. The van der Waals surface area contributed by atoms with E-state index in [-0.39, 0.29) is 5.97 Å². The number of methoxy groups -OCH3 is 1. The van der Waals surface area contributed by atoms with E-state index in [0.717, 1.165) is 73.6 Å². The molecule has 40 heavy (non-hydrogen) atoms. The number of aryl methyl sites for hydroxylation is 2. The molecule has 0 amide bonds. The molecule has 0 spiro atoms. The zero-order valence-electron chi connectivity index (χ0n) is 23.8. The summed E-state index contributed by atoms with van der Waals surface area (Å²) in [6, 6.07) is 18.2. The minimum absolute atomic E-state index is 0.283. The lowest BCUT2D eigenvalue weighted by molar-refractivity contribution is -0.146. The van der Waals surface area contributed by atoms with E-state index in [2.05, 4.69) is 23.1 Å². The van der Waals surface area contributed by atoms with Crippen molar-refractivity contribution in [3.05, 3.63) is 105 Å². The van der Waals surface area contributed by atoms with Crippen LogP contribution in [0.25, 0.3) is 5.57 Å². The summed E-state index contributed by atoms with van der Waals surface area (Å²) in [6.07, 6.45) is 6.91. The molecule has 5 rings (SSSR count).